The zero-order valence-corrected chi connectivity index (χ0v) is 12.5. The van der Waals surface area contributed by atoms with Crippen molar-refractivity contribution < 1.29 is 19.1 Å². The van der Waals surface area contributed by atoms with E-state index in [0.29, 0.717) is 13.1 Å². The summed E-state index contributed by atoms with van der Waals surface area (Å²) in [5.41, 5.74) is 0.954. The van der Waals surface area contributed by atoms with Crippen molar-refractivity contribution in [1.29, 1.82) is 0 Å². The number of rotatable bonds is 8. The van der Waals surface area contributed by atoms with Crippen LogP contribution in [0.4, 0.5) is 0 Å². The Balaban J connectivity index is 2.69. The summed E-state index contributed by atoms with van der Waals surface area (Å²) in [6.45, 7) is 6.41. The monoisotopic (exact) mass is 291 g/mol. The molecule has 0 aliphatic heterocycles. The van der Waals surface area contributed by atoms with Gasteiger partial charge in [-0.25, -0.2) is 0 Å². The second-order valence-corrected chi connectivity index (χ2v) is 4.39. The van der Waals surface area contributed by atoms with E-state index in [1.165, 1.54) is 0 Å². The number of carbonyl (C=O) groups is 2. The third-order valence-electron chi connectivity index (χ3n) is 2.84. The van der Waals surface area contributed by atoms with Gasteiger partial charge < -0.3 is 14.4 Å². The van der Waals surface area contributed by atoms with E-state index >= 15 is 0 Å². The second-order valence-electron chi connectivity index (χ2n) is 4.39. The van der Waals surface area contributed by atoms with Gasteiger partial charge >= 0.3 is 5.97 Å². The molecule has 0 atom stereocenters. The molecule has 1 aromatic carbocycles. The van der Waals surface area contributed by atoms with Gasteiger partial charge in [0.25, 0.3) is 0 Å². The van der Waals surface area contributed by atoms with Crippen LogP contribution in [0, 0.1) is 0 Å². The summed E-state index contributed by atoms with van der Waals surface area (Å²) in [6, 6.07) is 7.42. The Morgan fingerprint density at radius 1 is 1.29 bits per heavy atom. The maximum atomic E-state index is 12.1. The number of nitrogens with zero attached hydrogens (tertiary/aromatic N) is 1. The summed E-state index contributed by atoms with van der Waals surface area (Å²) < 4.78 is 9.88. The van der Waals surface area contributed by atoms with Gasteiger partial charge in [0.2, 0.25) is 5.91 Å². The van der Waals surface area contributed by atoms with Crippen LogP contribution in [-0.2, 0) is 20.9 Å². The molecule has 0 saturated carbocycles. The van der Waals surface area contributed by atoms with Gasteiger partial charge in [-0.2, -0.15) is 0 Å². The van der Waals surface area contributed by atoms with Crippen molar-refractivity contribution in [3.05, 3.63) is 42.5 Å². The van der Waals surface area contributed by atoms with Crippen molar-refractivity contribution in [2.45, 2.75) is 19.9 Å². The van der Waals surface area contributed by atoms with Crippen LogP contribution >= 0.6 is 0 Å². The summed E-state index contributed by atoms with van der Waals surface area (Å²) in [5, 5.41) is 0. The Kier molecular flexibility index (Phi) is 7.01. The second kappa shape index (κ2) is 8.79. The first-order chi connectivity index (χ1) is 10.1. The van der Waals surface area contributed by atoms with Gasteiger partial charge in [0.15, 0.2) is 0 Å². The maximum absolute atomic E-state index is 12.1. The molecule has 1 amide bonds. The third-order valence-corrected chi connectivity index (χ3v) is 2.84. The Morgan fingerprint density at radius 2 is 1.95 bits per heavy atom. The van der Waals surface area contributed by atoms with Crippen LogP contribution in [0.1, 0.15) is 18.9 Å². The predicted octanol–water partition coefficient (Wildman–Crippen LogP) is 2.16. The average molecular weight is 291 g/mol. The van der Waals surface area contributed by atoms with Gasteiger partial charge in [0, 0.05) is 13.1 Å². The molecule has 1 rings (SSSR count). The number of carbonyl (C=O) groups excluding carboxylic acids is 2. The minimum atomic E-state index is -0.508. The summed E-state index contributed by atoms with van der Waals surface area (Å²) >= 11 is 0. The molecule has 0 fully saturated rings. The van der Waals surface area contributed by atoms with E-state index in [9.17, 15) is 9.59 Å². The maximum Gasteiger partial charge on any atom is 0.315 e. The van der Waals surface area contributed by atoms with Gasteiger partial charge in [-0.15, -0.1) is 6.58 Å². The molecule has 0 aromatic heterocycles. The molecular weight excluding hydrogens is 270 g/mol. The third kappa shape index (κ3) is 5.69. The van der Waals surface area contributed by atoms with E-state index in [0.717, 1.165) is 11.3 Å². The fourth-order valence-corrected chi connectivity index (χ4v) is 1.81. The zero-order valence-electron chi connectivity index (χ0n) is 12.5. The van der Waals surface area contributed by atoms with E-state index < -0.39 is 5.97 Å². The predicted molar refractivity (Wildman–Crippen MR) is 79.9 cm³/mol. The van der Waals surface area contributed by atoms with Gasteiger partial charge in [0.1, 0.15) is 12.2 Å². The van der Waals surface area contributed by atoms with Crippen LogP contribution < -0.4 is 4.74 Å². The Hall–Kier alpha value is -2.30. The largest absolute Gasteiger partial charge is 0.497 e. The van der Waals surface area contributed by atoms with Crippen molar-refractivity contribution in [2.24, 2.45) is 0 Å². The van der Waals surface area contributed by atoms with Crippen LogP contribution in [0.3, 0.4) is 0 Å². The molecular formula is C16H21NO4. The van der Waals surface area contributed by atoms with Gasteiger partial charge in [-0.3, -0.25) is 9.59 Å². The van der Waals surface area contributed by atoms with E-state index in [1.54, 1.807) is 25.0 Å². The molecule has 0 saturated heterocycles. The lowest BCUT2D eigenvalue weighted by Crippen LogP contribution is -2.32. The molecule has 5 heteroatoms. The van der Waals surface area contributed by atoms with Crippen LogP contribution in [0.25, 0.3) is 0 Å². The number of methoxy groups -OCH3 is 1. The molecule has 21 heavy (non-hydrogen) atoms. The average Bonchev–Trinajstić information content (AvgIpc) is 2.47. The summed E-state index contributed by atoms with van der Waals surface area (Å²) in [5.74, 6) is -0.0256. The summed E-state index contributed by atoms with van der Waals surface area (Å²) in [6.07, 6.45) is 1.38. The summed E-state index contributed by atoms with van der Waals surface area (Å²) in [4.78, 5) is 25.0. The highest BCUT2D eigenvalue weighted by atomic mass is 16.5. The Morgan fingerprint density at radius 3 is 2.48 bits per heavy atom. The molecule has 1 aromatic rings. The van der Waals surface area contributed by atoms with Crippen molar-refractivity contribution >= 4 is 11.9 Å². The lowest BCUT2D eigenvalue weighted by Gasteiger charge is -2.21. The van der Waals surface area contributed by atoms with Crippen molar-refractivity contribution in [2.75, 3.05) is 20.3 Å². The number of amides is 1. The van der Waals surface area contributed by atoms with Crippen molar-refractivity contribution in [3.63, 3.8) is 0 Å². The Labute approximate surface area is 125 Å². The quantitative estimate of drug-likeness (QED) is 0.418. The fraction of sp³-hybridized carbons (Fsp3) is 0.375. The van der Waals surface area contributed by atoms with E-state index in [4.69, 9.17) is 9.47 Å². The molecule has 0 heterocycles. The Bertz CT molecular complexity index is 482. The topological polar surface area (TPSA) is 55.8 Å². The van der Waals surface area contributed by atoms with Crippen molar-refractivity contribution in [3.8, 4) is 5.75 Å². The molecule has 5 nitrogen and oxygen atoms in total. The standard InChI is InChI=1S/C16H21NO4/c1-4-10-17(15(18)11-16(19)21-5-2)12-13-6-8-14(20-3)9-7-13/h4,6-9H,1,5,10-12H2,2-3H3. The molecule has 114 valence electrons. The molecule has 0 aliphatic rings. The molecule has 0 N–H and O–H groups in total. The van der Waals surface area contributed by atoms with E-state index in [1.807, 2.05) is 24.3 Å². The number of ether oxygens (including phenoxy) is 2. The molecule has 0 radical (unpaired) electrons. The summed E-state index contributed by atoms with van der Waals surface area (Å²) in [7, 11) is 1.60. The SMILES string of the molecule is C=CCN(Cc1ccc(OC)cc1)C(=O)CC(=O)OCC. The van der Waals surface area contributed by atoms with Gasteiger partial charge in [-0.1, -0.05) is 18.2 Å². The van der Waals surface area contributed by atoms with Gasteiger partial charge in [-0.05, 0) is 24.6 Å². The first-order valence-corrected chi connectivity index (χ1v) is 6.78. The highest BCUT2D eigenvalue weighted by molar-refractivity contribution is 5.94. The number of esters is 1. The van der Waals surface area contributed by atoms with Crippen LogP contribution in [0.2, 0.25) is 0 Å². The van der Waals surface area contributed by atoms with E-state index in [2.05, 4.69) is 6.58 Å². The van der Waals surface area contributed by atoms with Crippen molar-refractivity contribution in [1.82, 2.24) is 4.90 Å². The molecule has 0 unspecified atom stereocenters. The zero-order chi connectivity index (χ0) is 15.7. The van der Waals surface area contributed by atoms with Crippen LogP contribution in [-0.4, -0.2) is 37.0 Å². The fourth-order valence-electron chi connectivity index (χ4n) is 1.81. The first-order valence-electron chi connectivity index (χ1n) is 6.78. The normalized spacial score (nSPS) is 9.81. The number of hydrogen-bond donors (Lipinski definition) is 0. The van der Waals surface area contributed by atoms with Gasteiger partial charge in [0.05, 0.1) is 13.7 Å². The first kappa shape index (κ1) is 16.8. The number of hydrogen-bond acceptors (Lipinski definition) is 4. The van der Waals surface area contributed by atoms with Crippen LogP contribution in [0.15, 0.2) is 36.9 Å². The highest BCUT2D eigenvalue weighted by Crippen LogP contribution is 2.13. The lowest BCUT2D eigenvalue weighted by atomic mass is 10.2. The molecule has 0 aliphatic carbocycles. The molecule has 0 spiro atoms. The minimum Gasteiger partial charge on any atom is -0.497 e. The van der Waals surface area contributed by atoms with E-state index in [-0.39, 0.29) is 18.9 Å². The number of benzene rings is 1. The lowest BCUT2D eigenvalue weighted by molar-refractivity contribution is -0.148. The smallest absolute Gasteiger partial charge is 0.315 e. The highest BCUT2D eigenvalue weighted by Gasteiger charge is 2.17. The molecule has 0 bridgehead atoms. The minimum absolute atomic E-state index is 0.252. The van der Waals surface area contributed by atoms with Crippen LogP contribution in [0.5, 0.6) is 5.75 Å².